The van der Waals surface area contributed by atoms with Crippen LogP contribution in [-0.4, -0.2) is 11.0 Å². The molecule has 0 aliphatic heterocycles. The summed E-state index contributed by atoms with van der Waals surface area (Å²) in [5, 5.41) is 0. The molecule has 0 spiro atoms. The lowest BCUT2D eigenvalue weighted by molar-refractivity contribution is 0.497. The Bertz CT molecular complexity index is 49.3. The van der Waals surface area contributed by atoms with Crippen molar-refractivity contribution < 1.29 is 4.18 Å². The van der Waals surface area contributed by atoms with Crippen molar-refractivity contribution in [3.05, 3.63) is 0 Å². The Morgan fingerprint density at radius 2 is 2.38 bits per heavy atom. The molecule has 0 saturated heterocycles. The van der Waals surface area contributed by atoms with Crippen LogP contribution in [0.4, 0.5) is 0 Å². The van der Waals surface area contributed by atoms with Crippen LogP contribution < -0.4 is 0 Å². The van der Waals surface area contributed by atoms with Crippen molar-refractivity contribution in [3.8, 4) is 0 Å². The Morgan fingerprint density at radius 1 is 1.75 bits per heavy atom. The van der Waals surface area contributed by atoms with Crippen molar-refractivity contribution in [1.29, 1.82) is 0 Å². The molecule has 4 heteroatoms. The molecule has 0 amide bonds. The molecule has 0 fully saturated rings. The fraction of sp³-hybridized carbons (Fsp3) is 1.00. The van der Waals surface area contributed by atoms with Gasteiger partial charge < -0.3 is 4.18 Å². The van der Waals surface area contributed by atoms with Crippen molar-refractivity contribution in [2.24, 2.45) is 0 Å². The van der Waals surface area contributed by atoms with Crippen molar-refractivity contribution in [2.75, 3.05) is 7.11 Å². The van der Waals surface area contributed by atoms with Gasteiger partial charge in [0.1, 0.15) is 0 Å². The van der Waals surface area contributed by atoms with E-state index in [0.29, 0.717) is 3.85 Å². The van der Waals surface area contributed by atoms with Crippen LogP contribution in [0.2, 0.25) is 6.32 Å². The van der Waals surface area contributed by atoms with E-state index in [9.17, 15) is 0 Å². The van der Waals surface area contributed by atoms with Gasteiger partial charge >= 0.3 is 3.85 Å². The summed E-state index contributed by atoms with van der Waals surface area (Å²) in [6.45, 7) is 2.18. The fourth-order valence-electron chi connectivity index (χ4n) is 0.379. The predicted octanol–water partition coefficient (Wildman–Crippen LogP) is 2.61. The first kappa shape index (κ1) is 9.10. The van der Waals surface area contributed by atoms with Crippen LogP contribution in [-0.2, 0) is 4.18 Å². The quantitative estimate of drug-likeness (QED) is 0.427. The molecule has 0 unspecified atom stereocenters. The van der Waals surface area contributed by atoms with Gasteiger partial charge in [0, 0.05) is 7.11 Å². The third-order valence-corrected chi connectivity index (χ3v) is 2.60. The summed E-state index contributed by atoms with van der Waals surface area (Å²) < 4.78 is 5.49. The number of rotatable bonds is 4. The lowest BCUT2D eigenvalue weighted by Gasteiger charge is -1.98. The zero-order chi connectivity index (χ0) is 6.41. The molecule has 0 heterocycles. The van der Waals surface area contributed by atoms with Crippen LogP contribution in [0, 0.1) is 0 Å². The average Bonchev–Trinajstić information content (AvgIpc) is 1.68. The van der Waals surface area contributed by atoms with Gasteiger partial charge in [-0.15, -0.1) is 22.4 Å². The van der Waals surface area contributed by atoms with E-state index in [4.69, 9.17) is 4.18 Å². The molecule has 0 atom stereocenters. The van der Waals surface area contributed by atoms with E-state index < -0.39 is 0 Å². The van der Waals surface area contributed by atoms with E-state index >= 15 is 0 Å². The minimum absolute atomic E-state index is 0.627. The van der Waals surface area contributed by atoms with Crippen LogP contribution in [0.3, 0.4) is 0 Å². The number of hydrogen-bond acceptors (Lipinski definition) is 2. The smallest absolute Gasteiger partial charge is 0.316 e. The summed E-state index contributed by atoms with van der Waals surface area (Å²) in [4.78, 5) is 0. The highest BCUT2D eigenvalue weighted by atomic mass is 127. The Balaban J connectivity index is 2.92. The van der Waals surface area contributed by atoms with E-state index in [1.165, 1.54) is 12.7 Å². The second-order valence-electron chi connectivity index (χ2n) is 1.46. The maximum Gasteiger partial charge on any atom is 0.316 e. The van der Waals surface area contributed by atoms with Crippen molar-refractivity contribution in [2.45, 2.75) is 19.7 Å². The zero-order valence-corrected chi connectivity index (χ0v) is 8.16. The Labute approximate surface area is 69.0 Å². The van der Waals surface area contributed by atoms with Crippen LogP contribution in [0.5, 0.6) is 0 Å². The van der Waals surface area contributed by atoms with Crippen molar-refractivity contribution >= 4 is 38.1 Å². The monoisotopic (exact) mass is 244 g/mol. The third kappa shape index (κ3) is 5.25. The van der Waals surface area contributed by atoms with Crippen molar-refractivity contribution in [1.82, 2.24) is 0 Å². The summed E-state index contributed by atoms with van der Waals surface area (Å²) in [7, 11) is 1.71. The highest BCUT2D eigenvalue weighted by Gasteiger charge is 2.07. The van der Waals surface area contributed by atoms with Crippen LogP contribution in [0.25, 0.3) is 0 Å². The minimum atomic E-state index is 0.627. The first-order valence-corrected chi connectivity index (χ1v) is 4.69. The molecule has 0 aliphatic carbocycles. The molecule has 0 rings (SSSR count). The molecule has 0 saturated carbocycles. The van der Waals surface area contributed by atoms with Gasteiger partial charge in [-0.25, -0.2) is 0 Å². The Hall–Kier alpha value is 1.10. The topological polar surface area (TPSA) is 9.23 Å². The molecule has 8 heavy (non-hydrogen) atoms. The lowest BCUT2D eigenvalue weighted by Crippen LogP contribution is -1.94. The van der Waals surface area contributed by atoms with Crippen LogP contribution in [0.1, 0.15) is 13.3 Å². The second kappa shape index (κ2) is 6.23. The van der Waals surface area contributed by atoms with Gasteiger partial charge in [0.05, 0.1) is 0 Å². The fourth-order valence-corrected chi connectivity index (χ4v) is 2.17. The molecular formula is C4H10BIOS. The highest BCUT2D eigenvalue weighted by Crippen LogP contribution is 2.18. The van der Waals surface area contributed by atoms with Gasteiger partial charge in [-0.05, 0) is 0 Å². The largest absolute Gasteiger partial charge is 0.329 e. The third-order valence-electron chi connectivity index (χ3n) is 0.716. The molecule has 0 N–H and O–H groups in total. The molecule has 48 valence electrons. The molecule has 0 aromatic heterocycles. The standard InChI is InChI=1S/C4H10BIOS/c1-3-4-5(6)8-7-2/h3-4H2,1-2H3. The maximum atomic E-state index is 4.87. The Kier molecular flexibility index (Phi) is 7.09. The molecule has 0 radical (unpaired) electrons. The van der Waals surface area contributed by atoms with Gasteiger partial charge in [-0.2, -0.15) is 0 Å². The SMILES string of the molecule is CCCB(I)SOC. The summed E-state index contributed by atoms with van der Waals surface area (Å²) in [6.07, 6.45) is 2.48. The van der Waals surface area contributed by atoms with E-state index in [-0.39, 0.29) is 0 Å². The number of hydrogen-bond donors (Lipinski definition) is 0. The summed E-state index contributed by atoms with van der Waals surface area (Å²) >= 11 is 3.92. The van der Waals surface area contributed by atoms with E-state index in [1.54, 1.807) is 19.0 Å². The predicted molar refractivity (Wildman–Crippen MR) is 49.5 cm³/mol. The van der Waals surface area contributed by atoms with Gasteiger partial charge in [0.25, 0.3) is 0 Å². The average molecular weight is 244 g/mol. The first-order chi connectivity index (χ1) is 3.81. The Morgan fingerprint density at radius 3 is 2.75 bits per heavy atom. The maximum absolute atomic E-state index is 4.87. The van der Waals surface area contributed by atoms with Crippen LogP contribution in [0.15, 0.2) is 0 Å². The van der Waals surface area contributed by atoms with E-state index in [2.05, 4.69) is 29.3 Å². The molecule has 0 aliphatic rings. The molecule has 0 bridgehead atoms. The minimum Gasteiger partial charge on any atom is -0.329 e. The molecule has 0 aromatic rings. The van der Waals surface area contributed by atoms with Crippen LogP contribution >= 0.6 is 34.3 Å². The molecule has 0 aromatic carbocycles. The molecule has 1 nitrogen and oxygen atoms in total. The van der Waals surface area contributed by atoms with Gasteiger partial charge in [0.15, 0.2) is 0 Å². The normalized spacial score (nSPS) is 9.38. The van der Waals surface area contributed by atoms with Gasteiger partial charge in [-0.1, -0.05) is 31.6 Å². The lowest BCUT2D eigenvalue weighted by atomic mass is 10.0. The summed E-state index contributed by atoms with van der Waals surface area (Å²) in [5.41, 5.74) is 0. The number of halogens is 1. The van der Waals surface area contributed by atoms with Gasteiger partial charge in [-0.3, -0.25) is 0 Å². The highest BCUT2D eigenvalue weighted by molar-refractivity contribution is 14.1. The first-order valence-electron chi connectivity index (χ1n) is 2.64. The summed E-state index contributed by atoms with van der Waals surface area (Å²) in [5.74, 6) is 0. The van der Waals surface area contributed by atoms with E-state index in [1.807, 2.05) is 0 Å². The zero-order valence-electron chi connectivity index (χ0n) is 5.19. The second-order valence-corrected chi connectivity index (χ2v) is 4.91. The molecular weight excluding hydrogens is 234 g/mol. The summed E-state index contributed by atoms with van der Waals surface area (Å²) in [6, 6.07) is 0. The van der Waals surface area contributed by atoms with E-state index in [0.717, 1.165) is 0 Å². The van der Waals surface area contributed by atoms with Gasteiger partial charge in [0.2, 0.25) is 0 Å². The van der Waals surface area contributed by atoms with Crippen molar-refractivity contribution in [3.63, 3.8) is 0 Å².